The maximum absolute atomic E-state index is 11.5. The second-order valence-electron chi connectivity index (χ2n) is 3.88. The molecular formula is C13H11NO5S. The van der Waals surface area contributed by atoms with Crippen LogP contribution < -0.4 is 10.1 Å². The van der Waals surface area contributed by atoms with Gasteiger partial charge in [-0.25, -0.2) is 0 Å². The predicted octanol–water partition coefficient (Wildman–Crippen LogP) is 1.86. The van der Waals surface area contributed by atoms with Gasteiger partial charge in [-0.1, -0.05) is 18.2 Å². The van der Waals surface area contributed by atoms with Crippen LogP contribution in [0, 0.1) is 0 Å². The zero-order chi connectivity index (χ0) is 14.5. The minimum absolute atomic E-state index is 0.0355. The van der Waals surface area contributed by atoms with E-state index in [1.54, 1.807) is 30.3 Å². The van der Waals surface area contributed by atoms with E-state index in [9.17, 15) is 14.4 Å². The van der Waals surface area contributed by atoms with Crippen molar-refractivity contribution in [2.75, 3.05) is 6.61 Å². The Bertz CT molecular complexity index is 596. The molecule has 0 bridgehead atoms. The molecule has 1 saturated heterocycles. The summed E-state index contributed by atoms with van der Waals surface area (Å²) in [5.41, 5.74) is 0.616. The number of para-hydroxylation sites is 1. The number of hydrogen-bond acceptors (Lipinski definition) is 5. The molecule has 0 unspecified atom stereocenters. The predicted molar refractivity (Wildman–Crippen MR) is 73.3 cm³/mol. The first kappa shape index (κ1) is 14.1. The molecule has 0 atom stereocenters. The van der Waals surface area contributed by atoms with E-state index in [0.717, 1.165) is 11.8 Å². The number of carbonyl (C=O) groups is 3. The number of carbonyl (C=O) groups excluding carboxylic acids is 2. The van der Waals surface area contributed by atoms with Crippen molar-refractivity contribution in [3.63, 3.8) is 0 Å². The summed E-state index contributed by atoms with van der Waals surface area (Å²) in [5.74, 6) is -0.925. The van der Waals surface area contributed by atoms with Gasteiger partial charge in [0.05, 0.1) is 17.9 Å². The molecule has 0 aliphatic carbocycles. The third-order valence-corrected chi connectivity index (χ3v) is 3.23. The van der Waals surface area contributed by atoms with Crippen LogP contribution in [0.3, 0.4) is 0 Å². The molecule has 0 radical (unpaired) electrons. The SMILES string of the molecule is O=C(O)CCOc1ccccc1/C=C1/SC(=O)NC1=O. The van der Waals surface area contributed by atoms with Gasteiger partial charge < -0.3 is 9.84 Å². The first-order valence-electron chi connectivity index (χ1n) is 5.75. The highest BCUT2D eigenvalue weighted by Crippen LogP contribution is 2.28. The van der Waals surface area contributed by atoms with Gasteiger partial charge in [0, 0.05) is 5.56 Å². The van der Waals surface area contributed by atoms with Gasteiger partial charge in [0.25, 0.3) is 11.1 Å². The van der Waals surface area contributed by atoms with Gasteiger partial charge in [-0.2, -0.15) is 0 Å². The lowest BCUT2D eigenvalue weighted by molar-refractivity contribution is -0.137. The van der Waals surface area contributed by atoms with Crippen molar-refractivity contribution < 1.29 is 24.2 Å². The number of nitrogens with one attached hydrogen (secondary N) is 1. The van der Waals surface area contributed by atoms with Gasteiger partial charge in [0.15, 0.2) is 0 Å². The lowest BCUT2D eigenvalue weighted by Gasteiger charge is -2.08. The Morgan fingerprint density at radius 1 is 1.35 bits per heavy atom. The molecule has 0 aromatic heterocycles. The van der Waals surface area contributed by atoms with Crippen molar-refractivity contribution >= 4 is 35.0 Å². The van der Waals surface area contributed by atoms with Crippen molar-refractivity contribution in [2.24, 2.45) is 0 Å². The van der Waals surface area contributed by atoms with E-state index in [1.807, 2.05) is 0 Å². The minimum Gasteiger partial charge on any atom is -0.492 e. The van der Waals surface area contributed by atoms with Gasteiger partial charge in [-0.3, -0.25) is 19.7 Å². The highest BCUT2D eigenvalue weighted by molar-refractivity contribution is 8.18. The topological polar surface area (TPSA) is 92.7 Å². The van der Waals surface area contributed by atoms with Crippen LogP contribution in [-0.4, -0.2) is 28.8 Å². The summed E-state index contributed by atoms with van der Waals surface area (Å²) in [6, 6.07) is 6.90. The van der Waals surface area contributed by atoms with Crippen LogP contribution in [0.2, 0.25) is 0 Å². The molecule has 1 fully saturated rings. The second-order valence-corrected chi connectivity index (χ2v) is 4.90. The molecular weight excluding hydrogens is 282 g/mol. The molecule has 6 nitrogen and oxygen atoms in total. The molecule has 20 heavy (non-hydrogen) atoms. The molecule has 1 heterocycles. The van der Waals surface area contributed by atoms with Crippen LogP contribution in [0.15, 0.2) is 29.2 Å². The number of carboxylic acids is 1. The molecule has 104 valence electrons. The molecule has 2 rings (SSSR count). The van der Waals surface area contributed by atoms with E-state index < -0.39 is 17.1 Å². The summed E-state index contributed by atoms with van der Waals surface area (Å²) in [5, 5.41) is 10.3. The smallest absolute Gasteiger partial charge is 0.306 e. The Balaban J connectivity index is 2.15. The maximum Gasteiger partial charge on any atom is 0.306 e. The fourth-order valence-electron chi connectivity index (χ4n) is 1.54. The monoisotopic (exact) mass is 293 g/mol. The number of benzene rings is 1. The van der Waals surface area contributed by atoms with E-state index in [1.165, 1.54) is 0 Å². The lowest BCUT2D eigenvalue weighted by Crippen LogP contribution is -2.17. The van der Waals surface area contributed by atoms with Crippen molar-refractivity contribution in [1.82, 2.24) is 5.32 Å². The van der Waals surface area contributed by atoms with E-state index in [-0.39, 0.29) is 17.9 Å². The second kappa shape index (κ2) is 6.25. The Kier molecular flexibility index (Phi) is 4.41. The highest BCUT2D eigenvalue weighted by Gasteiger charge is 2.25. The van der Waals surface area contributed by atoms with Gasteiger partial charge in [0.2, 0.25) is 0 Å². The zero-order valence-corrected chi connectivity index (χ0v) is 11.1. The molecule has 1 aliphatic rings. The number of thioether (sulfide) groups is 1. The number of carboxylic acid groups (broad SMARTS) is 1. The molecule has 0 saturated carbocycles. The number of ether oxygens (including phenoxy) is 1. The number of hydrogen-bond donors (Lipinski definition) is 2. The molecule has 0 spiro atoms. The number of imide groups is 1. The largest absolute Gasteiger partial charge is 0.492 e. The highest BCUT2D eigenvalue weighted by atomic mass is 32.2. The van der Waals surface area contributed by atoms with E-state index in [0.29, 0.717) is 11.3 Å². The third kappa shape index (κ3) is 3.61. The Morgan fingerprint density at radius 2 is 2.10 bits per heavy atom. The molecule has 2 N–H and O–H groups in total. The summed E-state index contributed by atoms with van der Waals surface area (Å²) >= 11 is 0.818. The number of rotatable bonds is 5. The third-order valence-electron chi connectivity index (χ3n) is 2.42. The van der Waals surface area contributed by atoms with Gasteiger partial charge in [-0.05, 0) is 23.9 Å². The Morgan fingerprint density at radius 3 is 2.75 bits per heavy atom. The van der Waals surface area contributed by atoms with E-state index in [4.69, 9.17) is 9.84 Å². The van der Waals surface area contributed by atoms with Crippen LogP contribution in [0.25, 0.3) is 6.08 Å². The van der Waals surface area contributed by atoms with Crippen molar-refractivity contribution in [3.05, 3.63) is 34.7 Å². The van der Waals surface area contributed by atoms with Gasteiger partial charge in [-0.15, -0.1) is 0 Å². The van der Waals surface area contributed by atoms with Crippen LogP contribution in [-0.2, 0) is 9.59 Å². The molecule has 1 aromatic rings. The number of amides is 2. The quantitative estimate of drug-likeness (QED) is 0.805. The first-order chi connectivity index (χ1) is 9.56. The summed E-state index contributed by atoms with van der Waals surface area (Å²) in [4.78, 5) is 33.3. The standard InChI is InChI=1S/C13H11NO5S/c15-11(16)5-6-19-9-4-2-1-3-8(9)7-10-12(17)14-13(18)20-10/h1-4,7H,5-6H2,(H,15,16)(H,14,17,18)/b10-7+. The lowest BCUT2D eigenvalue weighted by atomic mass is 10.2. The first-order valence-corrected chi connectivity index (χ1v) is 6.56. The molecule has 1 aliphatic heterocycles. The average molecular weight is 293 g/mol. The van der Waals surface area contributed by atoms with Crippen LogP contribution in [0.1, 0.15) is 12.0 Å². The average Bonchev–Trinajstić information content (AvgIpc) is 2.69. The summed E-state index contributed by atoms with van der Waals surface area (Å²) in [7, 11) is 0. The minimum atomic E-state index is -0.947. The van der Waals surface area contributed by atoms with Crippen LogP contribution >= 0.6 is 11.8 Å². The van der Waals surface area contributed by atoms with Crippen molar-refractivity contribution in [2.45, 2.75) is 6.42 Å². The molecule has 1 aromatic carbocycles. The maximum atomic E-state index is 11.5. The van der Waals surface area contributed by atoms with Gasteiger partial charge in [0.1, 0.15) is 5.75 Å². The van der Waals surface area contributed by atoms with E-state index in [2.05, 4.69) is 5.32 Å². The summed E-state index contributed by atoms with van der Waals surface area (Å²) in [6.07, 6.45) is 1.43. The normalized spacial score (nSPS) is 16.3. The van der Waals surface area contributed by atoms with Crippen molar-refractivity contribution in [3.8, 4) is 5.75 Å². The Labute approximate surface area is 118 Å². The fraction of sp³-hybridized carbons (Fsp3) is 0.154. The van der Waals surface area contributed by atoms with E-state index >= 15 is 0 Å². The Hall–Kier alpha value is -2.28. The van der Waals surface area contributed by atoms with Crippen LogP contribution in [0.5, 0.6) is 5.75 Å². The van der Waals surface area contributed by atoms with Gasteiger partial charge >= 0.3 is 5.97 Å². The van der Waals surface area contributed by atoms with Crippen LogP contribution in [0.4, 0.5) is 4.79 Å². The molecule has 7 heteroatoms. The summed E-state index contributed by atoms with van der Waals surface area (Å²) < 4.78 is 5.37. The molecule has 2 amide bonds. The number of aliphatic carboxylic acids is 1. The summed E-state index contributed by atoms with van der Waals surface area (Å²) in [6.45, 7) is 0.0355. The zero-order valence-electron chi connectivity index (χ0n) is 10.3. The van der Waals surface area contributed by atoms with Crippen molar-refractivity contribution in [1.29, 1.82) is 0 Å². The fourth-order valence-corrected chi connectivity index (χ4v) is 2.21.